The highest BCUT2D eigenvalue weighted by Crippen LogP contribution is 2.24. The maximum absolute atomic E-state index is 12.7. The van der Waals surface area contributed by atoms with Crippen LogP contribution in [0.2, 0.25) is 0 Å². The maximum Gasteiger partial charge on any atom is 0.272 e. The fourth-order valence-electron chi connectivity index (χ4n) is 2.49. The molecule has 1 aromatic heterocycles. The molecule has 1 aromatic carbocycles. The molecule has 2 aromatic rings. The van der Waals surface area contributed by atoms with Crippen LogP contribution in [0.25, 0.3) is 11.4 Å². The summed E-state index contributed by atoms with van der Waals surface area (Å²) in [5.74, 6) is 0.380. The standard InChI is InChI=1S/C15H18N4O3S2/c1-11-3-5-13(6-4-11)14-16-15(23-17-14)24(21,22)19-9-7-18(8-10-19)12(2)20/h3-6H,7-10H2,1-2H3. The first-order valence-corrected chi connectivity index (χ1v) is 9.76. The summed E-state index contributed by atoms with van der Waals surface area (Å²) in [6.07, 6.45) is 0. The molecule has 0 atom stereocenters. The third-order valence-electron chi connectivity index (χ3n) is 3.96. The van der Waals surface area contributed by atoms with E-state index in [1.54, 1.807) is 4.90 Å². The van der Waals surface area contributed by atoms with E-state index in [-0.39, 0.29) is 23.3 Å². The van der Waals surface area contributed by atoms with Crippen molar-refractivity contribution in [1.82, 2.24) is 18.6 Å². The van der Waals surface area contributed by atoms with Crippen LogP contribution >= 0.6 is 11.5 Å². The van der Waals surface area contributed by atoms with Crippen molar-refractivity contribution in [3.63, 3.8) is 0 Å². The Hall–Kier alpha value is -1.84. The Balaban J connectivity index is 1.79. The van der Waals surface area contributed by atoms with E-state index in [0.717, 1.165) is 22.7 Å². The van der Waals surface area contributed by atoms with Gasteiger partial charge in [-0.25, -0.2) is 13.4 Å². The van der Waals surface area contributed by atoms with Crippen molar-refractivity contribution in [3.05, 3.63) is 29.8 Å². The Morgan fingerprint density at radius 2 is 1.75 bits per heavy atom. The van der Waals surface area contributed by atoms with E-state index in [4.69, 9.17) is 0 Å². The number of rotatable bonds is 3. The molecule has 1 aliphatic rings. The Morgan fingerprint density at radius 3 is 2.33 bits per heavy atom. The van der Waals surface area contributed by atoms with E-state index in [9.17, 15) is 13.2 Å². The van der Waals surface area contributed by atoms with Crippen LogP contribution in [0.3, 0.4) is 0 Å². The molecule has 3 rings (SSSR count). The zero-order chi connectivity index (χ0) is 17.3. The summed E-state index contributed by atoms with van der Waals surface area (Å²) in [7, 11) is -3.67. The van der Waals surface area contributed by atoms with Crippen LogP contribution in [0.4, 0.5) is 0 Å². The number of hydrogen-bond acceptors (Lipinski definition) is 6. The van der Waals surface area contributed by atoms with E-state index in [1.807, 2.05) is 31.2 Å². The molecule has 7 nitrogen and oxygen atoms in total. The van der Waals surface area contributed by atoms with Gasteiger partial charge in [0.25, 0.3) is 10.0 Å². The molecule has 9 heteroatoms. The maximum atomic E-state index is 12.7. The van der Waals surface area contributed by atoms with Gasteiger partial charge >= 0.3 is 0 Å². The molecule has 1 saturated heterocycles. The normalized spacial score (nSPS) is 16.3. The summed E-state index contributed by atoms with van der Waals surface area (Å²) in [4.78, 5) is 17.2. The first-order valence-electron chi connectivity index (χ1n) is 7.54. The molecule has 0 unspecified atom stereocenters. The second-order valence-electron chi connectivity index (χ2n) is 5.66. The highest BCUT2D eigenvalue weighted by atomic mass is 32.2. The van der Waals surface area contributed by atoms with E-state index in [2.05, 4.69) is 9.36 Å². The smallest absolute Gasteiger partial charge is 0.272 e. The van der Waals surface area contributed by atoms with Crippen molar-refractivity contribution in [1.29, 1.82) is 0 Å². The molecule has 0 radical (unpaired) electrons. The number of aryl methyl sites for hydroxylation is 1. The molecule has 0 N–H and O–H groups in total. The topological polar surface area (TPSA) is 83.5 Å². The Kier molecular flexibility index (Phi) is 4.66. The first kappa shape index (κ1) is 17.0. The zero-order valence-electron chi connectivity index (χ0n) is 13.5. The van der Waals surface area contributed by atoms with Crippen molar-refractivity contribution in [2.45, 2.75) is 18.2 Å². The Labute approximate surface area is 145 Å². The monoisotopic (exact) mass is 366 g/mol. The lowest BCUT2D eigenvalue weighted by atomic mass is 10.1. The highest BCUT2D eigenvalue weighted by molar-refractivity contribution is 7.91. The van der Waals surface area contributed by atoms with Crippen LogP contribution in [0.1, 0.15) is 12.5 Å². The van der Waals surface area contributed by atoms with Gasteiger partial charge in [0.05, 0.1) is 0 Å². The lowest BCUT2D eigenvalue weighted by Gasteiger charge is -2.32. The molecule has 2 heterocycles. The van der Waals surface area contributed by atoms with Gasteiger partial charge in [-0.05, 0) is 18.5 Å². The molecule has 1 fully saturated rings. The number of nitrogens with zero attached hydrogens (tertiary/aromatic N) is 4. The van der Waals surface area contributed by atoms with Gasteiger partial charge in [-0.2, -0.15) is 8.68 Å². The third-order valence-corrected chi connectivity index (χ3v) is 6.91. The molecule has 0 saturated carbocycles. The van der Waals surface area contributed by atoms with Gasteiger partial charge in [-0.1, -0.05) is 29.8 Å². The van der Waals surface area contributed by atoms with Crippen LogP contribution in [0.5, 0.6) is 0 Å². The third kappa shape index (κ3) is 3.33. The average Bonchev–Trinajstić information content (AvgIpc) is 3.06. The molecular weight excluding hydrogens is 348 g/mol. The molecule has 1 aliphatic heterocycles. The van der Waals surface area contributed by atoms with Crippen LogP contribution in [0.15, 0.2) is 28.6 Å². The van der Waals surface area contributed by atoms with Crippen LogP contribution in [-0.2, 0) is 14.8 Å². The van der Waals surface area contributed by atoms with E-state index < -0.39 is 10.0 Å². The SMILES string of the molecule is CC(=O)N1CCN(S(=O)(=O)c2nc(-c3ccc(C)cc3)ns2)CC1. The summed E-state index contributed by atoms with van der Waals surface area (Å²) >= 11 is 0.885. The van der Waals surface area contributed by atoms with E-state index in [0.29, 0.717) is 18.9 Å². The summed E-state index contributed by atoms with van der Waals surface area (Å²) in [6.45, 7) is 4.83. The van der Waals surface area contributed by atoms with Crippen molar-refractivity contribution in [2.24, 2.45) is 0 Å². The van der Waals surface area contributed by atoms with Crippen LogP contribution in [0, 0.1) is 6.92 Å². The largest absolute Gasteiger partial charge is 0.340 e. The summed E-state index contributed by atoms with van der Waals surface area (Å²) < 4.78 is 30.9. The van der Waals surface area contributed by atoms with E-state index in [1.165, 1.54) is 11.2 Å². The quantitative estimate of drug-likeness (QED) is 0.819. The van der Waals surface area contributed by atoms with Gasteiger partial charge < -0.3 is 4.90 Å². The minimum Gasteiger partial charge on any atom is -0.340 e. The Bertz CT molecular complexity index is 838. The molecule has 0 spiro atoms. The number of amides is 1. The van der Waals surface area contributed by atoms with Crippen molar-refractivity contribution in [3.8, 4) is 11.4 Å². The average molecular weight is 366 g/mol. The van der Waals surface area contributed by atoms with Crippen molar-refractivity contribution in [2.75, 3.05) is 26.2 Å². The van der Waals surface area contributed by atoms with Crippen molar-refractivity contribution >= 4 is 27.5 Å². The predicted molar refractivity (Wildman–Crippen MR) is 91.1 cm³/mol. The second kappa shape index (κ2) is 6.58. The zero-order valence-corrected chi connectivity index (χ0v) is 15.1. The minimum absolute atomic E-state index is 0.00523. The van der Waals surface area contributed by atoms with E-state index >= 15 is 0 Å². The molecule has 24 heavy (non-hydrogen) atoms. The van der Waals surface area contributed by atoms with Gasteiger partial charge in [0.15, 0.2) is 5.82 Å². The second-order valence-corrected chi connectivity index (χ2v) is 8.52. The predicted octanol–water partition coefficient (Wildman–Crippen LogP) is 1.37. The number of benzene rings is 1. The number of carbonyl (C=O) groups is 1. The van der Waals surface area contributed by atoms with Gasteiger partial charge in [-0.3, -0.25) is 4.79 Å². The number of aromatic nitrogens is 2. The van der Waals surface area contributed by atoms with Crippen molar-refractivity contribution < 1.29 is 13.2 Å². The lowest BCUT2D eigenvalue weighted by molar-refractivity contribution is -0.129. The number of carbonyl (C=O) groups excluding carboxylic acids is 1. The summed E-state index contributed by atoms with van der Waals surface area (Å²) in [5.41, 5.74) is 1.91. The van der Waals surface area contributed by atoms with Gasteiger partial charge in [0, 0.05) is 38.7 Å². The van der Waals surface area contributed by atoms with Crippen LogP contribution in [-0.4, -0.2) is 59.1 Å². The first-order chi connectivity index (χ1) is 11.4. The lowest BCUT2D eigenvalue weighted by Crippen LogP contribution is -2.49. The molecule has 0 aliphatic carbocycles. The van der Waals surface area contributed by atoms with Gasteiger partial charge in [-0.15, -0.1) is 0 Å². The fraction of sp³-hybridized carbons (Fsp3) is 0.400. The molecule has 128 valence electrons. The number of piperazine rings is 1. The summed E-state index contributed by atoms with van der Waals surface area (Å²) in [6, 6.07) is 7.62. The minimum atomic E-state index is -3.67. The molecule has 0 bridgehead atoms. The molecule has 1 amide bonds. The Morgan fingerprint density at radius 1 is 1.12 bits per heavy atom. The number of sulfonamides is 1. The number of hydrogen-bond donors (Lipinski definition) is 0. The van der Waals surface area contributed by atoms with Gasteiger partial charge in [0.2, 0.25) is 10.2 Å². The highest BCUT2D eigenvalue weighted by Gasteiger charge is 2.32. The fourth-order valence-corrected chi connectivity index (χ4v) is 4.80. The summed E-state index contributed by atoms with van der Waals surface area (Å²) in [5, 5.41) is 0. The van der Waals surface area contributed by atoms with Gasteiger partial charge in [0.1, 0.15) is 0 Å². The molecular formula is C15H18N4O3S2. The van der Waals surface area contributed by atoms with Crippen LogP contribution < -0.4 is 0 Å².